The molecule has 0 fully saturated rings. The van der Waals surface area contributed by atoms with Gasteiger partial charge < -0.3 is 0 Å². The third kappa shape index (κ3) is 8.94. The summed E-state index contributed by atoms with van der Waals surface area (Å²) in [5, 5.41) is 0. The van der Waals surface area contributed by atoms with E-state index in [4.69, 9.17) is 9.98 Å². The van der Waals surface area contributed by atoms with Gasteiger partial charge in [-0.1, -0.05) is 0 Å². The first kappa shape index (κ1) is 43.5. The number of benzene rings is 9. The van der Waals surface area contributed by atoms with Crippen LogP contribution in [0.15, 0.2) is 271 Å². The summed E-state index contributed by atoms with van der Waals surface area (Å²) in [5.74, 6) is 1.65. The fourth-order valence-corrected chi connectivity index (χ4v) is 23.3. The fraction of sp³-hybridized carbons (Fsp3) is 0.0820. The van der Waals surface area contributed by atoms with Crippen LogP contribution in [0, 0.1) is 14.3 Å². The van der Waals surface area contributed by atoms with Crippen molar-refractivity contribution in [1.29, 1.82) is 0 Å². The number of hydrogen-bond acceptors (Lipinski definition) is 3. The number of nitrogens with zero attached hydrogens (tertiary/aromatic N) is 3. The summed E-state index contributed by atoms with van der Waals surface area (Å²) in [6.07, 6.45) is -0.273. The summed E-state index contributed by atoms with van der Waals surface area (Å²) in [7, 11) is 2.15. The van der Waals surface area contributed by atoms with Gasteiger partial charge in [0.05, 0.1) is 0 Å². The van der Waals surface area contributed by atoms with E-state index in [0.29, 0.717) is 0 Å². The van der Waals surface area contributed by atoms with Gasteiger partial charge in [-0.2, -0.15) is 0 Å². The molecule has 0 saturated carbocycles. The van der Waals surface area contributed by atoms with Crippen LogP contribution in [-0.2, 0) is 3.42 Å². The Morgan fingerprint density at radius 2 is 0.879 bits per heavy atom. The van der Waals surface area contributed by atoms with Gasteiger partial charge in [0, 0.05) is 0 Å². The molecule has 1 aliphatic heterocycles. The molecule has 324 valence electrons. The van der Waals surface area contributed by atoms with Crippen LogP contribution in [0.2, 0.25) is 0 Å². The monoisotopic (exact) mass is 1080 g/mol. The molecule has 1 heterocycles. The molecule has 0 aliphatic carbocycles. The fourth-order valence-electron chi connectivity index (χ4n) is 8.97. The summed E-state index contributed by atoms with van der Waals surface area (Å²) in [6.45, 7) is 2.47. The Labute approximate surface area is 404 Å². The van der Waals surface area contributed by atoms with Crippen molar-refractivity contribution < 1.29 is 0 Å². The van der Waals surface area contributed by atoms with Crippen molar-refractivity contribution in [1.82, 2.24) is 4.90 Å². The maximum absolute atomic E-state index is 5.59. The first-order valence-corrected chi connectivity index (χ1v) is 29.0. The zero-order valence-electron chi connectivity index (χ0n) is 37.1. The summed E-state index contributed by atoms with van der Waals surface area (Å²) < 4.78 is 5.59. The summed E-state index contributed by atoms with van der Waals surface area (Å²) >= 11 is -4.51. The van der Waals surface area contributed by atoms with E-state index in [1.807, 2.05) is 0 Å². The number of aliphatic imine (C=N–C) groups is 2. The van der Waals surface area contributed by atoms with E-state index in [-0.39, 0.29) is 13.5 Å². The van der Waals surface area contributed by atoms with E-state index in [1.54, 1.807) is 0 Å². The second kappa shape index (κ2) is 20.0. The second-order valence-electron chi connectivity index (χ2n) is 16.4. The minimum absolute atomic E-state index is 0.182. The molecule has 2 atom stereocenters. The zero-order valence-corrected chi connectivity index (χ0v) is 41.4. The van der Waals surface area contributed by atoms with E-state index in [1.165, 1.54) is 36.5 Å². The van der Waals surface area contributed by atoms with Crippen molar-refractivity contribution in [3.05, 3.63) is 314 Å². The molecular weight excluding hydrogens is 1030 g/mol. The molecule has 0 saturated heterocycles. The van der Waals surface area contributed by atoms with Crippen LogP contribution in [0.25, 0.3) is 0 Å². The van der Waals surface area contributed by atoms with Gasteiger partial charge >= 0.3 is 408 Å². The molecule has 10 rings (SSSR count). The molecule has 0 bridgehead atoms. The molecule has 66 heavy (non-hydrogen) atoms. The van der Waals surface area contributed by atoms with Gasteiger partial charge in [-0.25, -0.2) is 0 Å². The average molecular weight is 1080 g/mol. The van der Waals surface area contributed by atoms with Crippen molar-refractivity contribution in [2.24, 2.45) is 9.98 Å². The third-order valence-corrected chi connectivity index (χ3v) is 26.3. The van der Waals surface area contributed by atoms with Gasteiger partial charge in [0.25, 0.3) is 0 Å². The number of alkyl halides is 2. The van der Waals surface area contributed by atoms with Crippen LogP contribution in [-0.4, -0.2) is 23.6 Å². The number of halogens is 2. The van der Waals surface area contributed by atoms with Crippen LogP contribution in [0.4, 0.5) is 0 Å². The van der Waals surface area contributed by atoms with Gasteiger partial charge in [-0.15, -0.1) is 0 Å². The number of amidine groups is 2. The molecule has 9 aromatic carbocycles. The van der Waals surface area contributed by atoms with Crippen molar-refractivity contribution in [2.75, 3.05) is 7.05 Å². The van der Waals surface area contributed by atoms with Crippen LogP contribution >= 0.6 is 39.6 Å². The molecule has 0 amide bonds. The molecule has 0 spiro atoms. The molecule has 5 heteroatoms. The van der Waals surface area contributed by atoms with Crippen molar-refractivity contribution in [3.63, 3.8) is 0 Å². The molecule has 2 unspecified atom stereocenters. The quantitative estimate of drug-likeness (QED) is 0.0835. The summed E-state index contributed by atoms with van der Waals surface area (Å²) in [6, 6.07) is 96.0. The average Bonchev–Trinajstić information content (AvgIpc) is 3.40. The van der Waals surface area contributed by atoms with Crippen LogP contribution in [0.5, 0.6) is 0 Å². The minimum atomic E-state index is -2.36. The van der Waals surface area contributed by atoms with Crippen molar-refractivity contribution >= 4 is 51.3 Å². The standard InChI is InChI=1S/C61H51I2N3/c1-61(51-33-14-5-15-34-51,52-35-16-6-17-36-52)63(55-41-22-9-23-42-55)56-43-25-32-50(45-56)60-65-58(64-59(66(60)2)47-28-12-4-13-29-47)49-31-24-30-48(44-49)57(46-26-10-3-11-27-46)62(53-37-18-7-19-38-53)54-39-20-8-21-40-54/h3-45,57,59H,1-2H3. The van der Waals surface area contributed by atoms with E-state index >= 15 is 0 Å². The van der Waals surface area contributed by atoms with Crippen LogP contribution in [0.1, 0.15) is 56.0 Å². The van der Waals surface area contributed by atoms with E-state index in [0.717, 1.165) is 28.4 Å². The van der Waals surface area contributed by atoms with Gasteiger partial charge in [-0.3, -0.25) is 0 Å². The summed E-state index contributed by atoms with van der Waals surface area (Å²) in [5.41, 5.74) is 8.51. The van der Waals surface area contributed by atoms with Crippen molar-refractivity contribution in [2.45, 2.75) is 20.4 Å². The predicted octanol–water partition coefficient (Wildman–Crippen LogP) is 15.4. The SMILES string of the molecule is CN1C(c2cccc(I(c3ccccc3)C(C)(c3ccccc3)c3ccccc3)c2)=NC(c2cccc(C(c3ccccc3)I(c3ccccc3)c3ccccc3)c2)=NC1c1ccccc1. The molecule has 0 aromatic heterocycles. The Hall–Kier alpha value is -6.42. The normalized spacial score (nSPS) is 14.7. The Morgan fingerprint density at radius 3 is 1.44 bits per heavy atom. The van der Waals surface area contributed by atoms with E-state index in [2.05, 4.69) is 280 Å². The number of hydrogen-bond donors (Lipinski definition) is 0. The molecular formula is C61H51I2N3. The molecule has 3 nitrogen and oxygen atoms in total. The van der Waals surface area contributed by atoms with E-state index in [9.17, 15) is 0 Å². The zero-order chi connectivity index (χ0) is 44.7. The predicted molar refractivity (Wildman–Crippen MR) is 293 cm³/mol. The van der Waals surface area contributed by atoms with Gasteiger partial charge in [0.2, 0.25) is 0 Å². The summed E-state index contributed by atoms with van der Waals surface area (Å²) in [4.78, 5) is 13.4. The Kier molecular flexibility index (Phi) is 13.2. The first-order valence-electron chi connectivity index (χ1n) is 22.4. The molecule has 9 aromatic rings. The maximum atomic E-state index is 5.59. The van der Waals surface area contributed by atoms with Crippen molar-refractivity contribution in [3.8, 4) is 0 Å². The molecule has 0 N–H and O–H groups in total. The Morgan fingerprint density at radius 1 is 0.439 bits per heavy atom. The third-order valence-electron chi connectivity index (χ3n) is 12.2. The Bertz CT molecular complexity index is 2980. The Balaban J connectivity index is 1.13. The second-order valence-corrected chi connectivity index (χ2v) is 28.2. The van der Waals surface area contributed by atoms with Gasteiger partial charge in [0.15, 0.2) is 0 Å². The first-order chi connectivity index (χ1) is 32.6. The topological polar surface area (TPSA) is 28.0 Å². The van der Waals surface area contributed by atoms with Crippen LogP contribution < -0.4 is 0 Å². The molecule has 0 radical (unpaired) electrons. The van der Waals surface area contributed by atoms with Crippen LogP contribution in [0.3, 0.4) is 0 Å². The van der Waals surface area contributed by atoms with E-state index < -0.39 is 39.6 Å². The van der Waals surface area contributed by atoms with Gasteiger partial charge in [-0.05, 0) is 0 Å². The van der Waals surface area contributed by atoms with Gasteiger partial charge in [0.1, 0.15) is 0 Å². The number of rotatable bonds is 13. The molecule has 1 aliphatic rings.